The van der Waals surface area contributed by atoms with Gasteiger partial charge in [-0.25, -0.2) is 12.7 Å². The number of amides is 1. The van der Waals surface area contributed by atoms with Crippen LogP contribution in [0.3, 0.4) is 0 Å². The van der Waals surface area contributed by atoms with Gasteiger partial charge in [-0.3, -0.25) is 4.79 Å². The van der Waals surface area contributed by atoms with Crippen molar-refractivity contribution >= 4 is 15.9 Å². The highest BCUT2D eigenvalue weighted by Gasteiger charge is 2.34. The van der Waals surface area contributed by atoms with Crippen molar-refractivity contribution in [1.29, 1.82) is 0 Å². The predicted octanol–water partition coefficient (Wildman–Crippen LogP) is 1.16. The highest BCUT2D eigenvalue weighted by atomic mass is 32.2. The third kappa shape index (κ3) is 3.73. The van der Waals surface area contributed by atoms with Crippen LogP contribution < -0.4 is 0 Å². The molecule has 0 radical (unpaired) electrons. The zero-order chi connectivity index (χ0) is 14.9. The number of hydrogen-bond donors (Lipinski definition) is 0. The Morgan fingerprint density at radius 2 is 1.70 bits per heavy atom. The van der Waals surface area contributed by atoms with Crippen LogP contribution in [0.4, 0.5) is 0 Å². The van der Waals surface area contributed by atoms with E-state index in [0.717, 1.165) is 25.9 Å². The molecule has 6 heteroatoms. The van der Waals surface area contributed by atoms with E-state index in [0.29, 0.717) is 24.9 Å². The van der Waals surface area contributed by atoms with E-state index in [1.54, 1.807) is 0 Å². The van der Waals surface area contributed by atoms with Gasteiger partial charge in [0.25, 0.3) is 0 Å². The van der Waals surface area contributed by atoms with Crippen molar-refractivity contribution in [2.24, 2.45) is 17.8 Å². The lowest BCUT2D eigenvalue weighted by Gasteiger charge is -2.39. The zero-order valence-electron chi connectivity index (χ0n) is 12.7. The van der Waals surface area contributed by atoms with E-state index in [2.05, 4.69) is 13.8 Å². The van der Waals surface area contributed by atoms with Gasteiger partial charge >= 0.3 is 0 Å². The monoisotopic (exact) mass is 302 g/mol. The second-order valence-electron chi connectivity index (χ2n) is 6.65. The summed E-state index contributed by atoms with van der Waals surface area (Å²) in [4.78, 5) is 14.6. The first-order valence-electron chi connectivity index (χ1n) is 7.51. The SMILES string of the molecule is C[C@@H]1C[C@H](C)CN(C(=O)[C@@H]2CCCN(S(C)(=O)=O)C2)C1. The maximum Gasteiger partial charge on any atom is 0.227 e. The first-order chi connectivity index (χ1) is 9.27. The molecule has 0 bridgehead atoms. The highest BCUT2D eigenvalue weighted by molar-refractivity contribution is 7.88. The summed E-state index contributed by atoms with van der Waals surface area (Å²) in [7, 11) is -3.18. The van der Waals surface area contributed by atoms with Crippen LogP contribution in [0.25, 0.3) is 0 Å². The molecule has 2 aliphatic heterocycles. The van der Waals surface area contributed by atoms with Crippen LogP contribution in [0.15, 0.2) is 0 Å². The van der Waals surface area contributed by atoms with Gasteiger partial charge in [-0.05, 0) is 31.1 Å². The van der Waals surface area contributed by atoms with Gasteiger partial charge < -0.3 is 4.90 Å². The Balaban J connectivity index is 2.01. The number of carbonyl (C=O) groups is 1. The van der Waals surface area contributed by atoms with Crippen molar-refractivity contribution in [3.63, 3.8) is 0 Å². The Morgan fingerprint density at radius 3 is 2.25 bits per heavy atom. The molecule has 0 aliphatic carbocycles. The summed E-state index contributed by atoms with van der Waals surface area (Å²) < 4.78 is 24.7. The molecule has 2 aliphatic rings. The number of sulfonamides is 1. The molecule has 0 aromatic heterocycles. The summed E-state index contributed by atoms with van der Waals surface area (Å²) in [6, 6.07) is 0. The second-order valence-corrected chi connectivity index (χ2v) is 8.63. The Bertz CT molecular complexity index is 453. The first kappa shape index (κ1) is 15.8. The molecule has 0 aromatic carbocycles. The van der Waals surface area contributed by atoms with Crippen molar-refractivity contribution in [3.8, 4) is 0 Å². The number of nitrogens with zero attached hydrogens (tertiary/aromatic N) is 2. The molecule has 0 spiro atoms. The van der Waals surface area contributed by atoms with Crippen LogP contribution in [-0.4, -0.2) is 56.0 Å². The molecular weight excluding hydrogens is 276 g/mol. The van der Waals surface area contributed by atoms with E-state index >= 15 is 0 Å². The molecule has 1 amide bonds. The fourth-order valence-electron chi connectivity index (χ4n) is 3.55. The fraction of sp³-hybridized carbons (Fsp3) is 0.929. The number of likely N-dealkylation sites (tertiary alicyclic amines) is 1. The molecule has 116 valence electrons. The Morgan fingerprint density at radius 1 is 1.10 bits per heavy atom. The molecule has 20 heavy (non-hydrogen) atoms. The van der Waals surface area contributed by atoms with E-state index in [9.17, 15) is 13.2 Å². The lowest BCUT2D eigenvalue weighted by molar-refractivity contribution is -0.139. The van der Waals surface area contributed by atoms with E-state index < -0.39 is 10.0 Å². The molecule has 5 nitrogen and oxygen atoms in total. The standard InChI is InChI=1S/C14H26N2O3S/c1-11-7-12(2)9-15(8-11)14(17)13-5-4-6-16(10-13)20(3,18)19/h11-13H,4-10H2,1-3H3/t11-,12+,13-/m1/s1. The molecule has 0 saturated carbocycles. The molecular formula is C14H26N2O3S. The van der Waals surface area contributed by atoms with Gasteiger partial charge in [0.2, 0.25) is 15.9 Å². The van der Waals surface area contributed by atoms with E-state index in [-0.39, 0.29) is 11.8 Å². The number of carbonyl (C=O) groups excluding carboxylic acids is 1. The molecule has 0 unspecified atom stereocenters. The normalized spacial score (nSPS) is 33.1. The van der Waals surface area contributed by atoms with Gasteiger partial charge in [-0.15, -0.1) is 0 Å². The molecule has 2 heterocycles. The minimum Gasteiger partial charge on any atom is -0.342 e. The summed E-state index contributed by atoms with van der Waals surface area (Å²) in [5, 5.41) is 0. The van der Waals surface area contributed by atoms with Crippen LogP contribution in [0, 0.1) is 17.8 Å². The van der Waals surface area contributed by atoms with Gasteiger partial charge in [0.15, 0.2) is 0 Å². The van der Waals surface area contributed by atoms with Crippen molar-refractivity contribution < 1.29 is 13.2 Å². The molecule has 0 N–H and O–H groups in total. The van der Waals surface area contributed by atoms with Gasteiger partial charge in [0, 0.05) is 26.2 Å². The molecule has 2 rings (SSSR count). The summed E-state index contributed by atoms with van der Waals surface area (Å²) in [6.45, 7) is 6.91. The number of rotatable bonds is 2. The predicted molar refractivity (Wildman–Crippen MR) is 78.7 cm³/mol. The summed E-state index contributed by atoms with van der Waals surface area (Å²) in [5.74, 6) is 1.07. The third-order valence-corrected chi connectivity index (χ3v) is 5.65. The molecule has 2 fully saturated rings. The van der Waals surface area contributed by atoms with Crippen LogP contribution >= 0.6 is 0 Å². The van der Waals surface area contributed by atoms with E-state index in [1.165, 1.54) is 17.0 Å². The molecule has 3 atom stereocenters. The number of hydrogen-bond acceptors (Lipinski definition) is 3. The molecule has 2 saturated heterocycles. The van der Waals surface area contributed by atoms with Gasteiger partial charge in [-0.1, -0.05) is 13.8 Å². The van der Waals surface area contributed by atoms with Crippen LogP contribution in [-0.2, 0) is 14.8 Å². The van der Waals surface area contributed by atoms with E-state index in [1.807, 2.05) is 4.90 Å². The highest BCUT2D eigenvalue weighted by Crippen LogP contribution is 2.26. The largest absolute Gasteiger partial charge is 0.342 e. The van der Waals surface area contributed by atoms with Crippen LogP contribution in [0.1, 0.15) is 33.1 Å². The summed E-state index contributed by atoms with van der Waals surface area (Å²) >= 11 is 0. The summed E-state index contributed by atoms with van der Waals surface area (Å²) in [6.07, 6.45) is 3.99. The maximum absolute atomic E-state index is 12.6. The van der Waals surface area contributed by atoms with Gasteiger partial charge in [-0.2, -0.15) is 0 Å². The number of piperidine rings is 2. The smallest absolute Gasteiger partial charge is 0.227 e. The van der Waals surface area contributed by atoms with Gasteiger partial charge in [0.1, 0.15) is 0 Å². The zero-order valence-corrected chi connectivity index (χ0v) is 13.5. The van der Waals surface area contributed by atoms with Crippen LogP contribution in [0.5, 0.6) is 0 Å². The Hall–Kier alpha value is -0.620. The van der Waals surface area contributed by atoms with Crippen molar-refractivity contribution in [3.05, 3.63) is 0 Å². The third-order valence-electron chi connectivity index (χ3n) is 4.38. The maximum atomic E-state index is 12.6. The minimum absolute atomic E-state index is 0.150. The Kier molecular flexibility index (Phi) is 4.74. The van der Waals surface area contributed by atoms with Gasteiger partial charge in [0.05, 0.1) is 12.2 Å². The van der Waals surface area contributed by atoms with Crippen molar-refractivity contribution in [2.75, 3.05) is 32.4 Å². The average Bonchev–Trinajstić information content (AvgIpc) is 2.36. The average molecular weight is 302 g/mol. The lowest BCUT2D eigenvalue weighted by atomic mass is 9.90. The fourth-order valence-corrected chi connectivity index (χ4v) is 4.46. The Labute approximate surface area is 122 Å². The topological polar surface area (TPSA) is 57.7 Å². The van der Waals surface area contributed by atoms with Crippen LogP contribution in [0.2, 0.25) is 0 Å². The lowest BCUT2D eigenvalue weighted by Crippen LogP contribution is -2.50. The van der Waals surface area contributed by atoms with E-state index in [4.69, 9.17) is 0 Å². The molecule has 0 aromatic rings. The summed E-state index contributed by atoms with van der Waals surface area (Å²) in [5.41, 5.74) is 0. The minimum atomic E-state index is -3.18. The second kappa shape index (κ2) is 6.02. The van der Waals surface area contributed by atoms with Crippen molar-refractivity contribution in [1.82, 2.24) is 9.21 Å². The first-order valence-corrected chi connectivity index (χ1v) is 9.36. The van der Waals surface area contributed by atoms with Crippen molar-refractivity contribution in [2.45, 2.75) is 33.1 Å². The quantitative estimate of drug-likeness (QED) is 0.769.